The molecule has 3 rings (SSSR count). The number of benzene rings is 1. The molecule has 2 fully saturated rings. The first-order valence-electron chi connectivity index (χ1n) is 7.64. The van der Waals surface area contributed by atoms with Crippen molar-refractivity contribution in [1.82, 2.24) is 0 Å². The molecule has 2 aliphatic heterocycles. The molecule has 0 bridgehead atoms. The van der Waals surface area contributed by atoms with E-state index in [2.05, 4.69) is 0 Å². The smallest absolute Gasteiger partial charge is 0.341 e. The lowest BCUT2D eigenvalue weighted by molar-refractivity contribution is -0.199. The minimum absolute atomic E-state index is 0.261. The average molecular weight is 322 g/mol. The molecule has 6 nitrogen and oxygen atoms in total. The van der Waals surface area contributed by atoms with Crippen LogP contribution >= 0.6 is 0 Å². The summed E-state index contributed by atoms with van der Waals surface area (Å²) < 4.78 is 27.7. The van der Waals surface area contributed by atoms with Crippen LogP contribution in [0.4, 0.5) is 0 Å². The van der Waals surface area contributed by atoms with Crippen LogP contribution in [0.25, 0.3) is 0 Å². The monoisotopic (exact) mass is 322 g/mol. The van der Waals surface area contributed by atoms with Gasteiger partial charge in [-0.25, -0.2) is 4.79 Å². The van der Waals surface area contributed by atoms with Crippen molar-refractivity contribution in [2.75, 3.05) is 13.7 Å². The molecule has 0 N–H and O–H groups in total. The van der Waals surface area contributed by atoms with Gasteiger partial charge in [-0.05, 0) is 38.5 Å². The summed E-state index contributed by atoms with van der Waals surface area (Å²) >= 11 is 0. The minimum atomic E-state index is -1.06. The third kappa shape index (κ3) is 3.06. The highest BCUT2D eigenvalue weighted by molar-refractivity contribution is 5.83. The Morgan fingerprint density at radius 2 is 1.87 bits per heavy atom. The maximum atomic E-state index is 12.1. The fourth-order valence-corrected chi connectivity index (χ4v) is 3.05. The quantitative estimate of drug-likeness (QED) is 0.773. The Labute approximate surface area is 135 Å². The van der Waals surface area contributed by atoms with Crippen molar-refractivity contribution >= 4 is 5.97 Å². The van der Waals surface area contributed by atoms with Gasteiger partial charge in [0, 0.05) is 0 Å². The van der Waals surface area contributed by atoms with E-state index in [1.807, 2.05) is 24.3 Å². The topological polar surface area (TPSA) is 63.2 Å². The number of cyclic esters (lactones) is 1. The van der Waals surface area contributed by atoms with Crippen LogP contribution < -0.4 is 4.74 Å². The Bertz CT molecular complexity index is 581. The number of ether oxygens (including phenoxy) is 5. The van der Waals surface area contributed by atoms with E-state index in [4.69, 9.17) is 23.7 Å². The maximum absolute atomic E-state index is 12.1. The number of hydrogen-bond donors (Lipinski definition) is 0. The summed E-state index contributed by atoms with van der Waals surface area (Å²) in [5, 5.41) is 0. The van der Waals surface area contributed by atoms with Gasteiger partial charge in [0.2, 0.25) is 0 Å². The number of esters is 1. The first kappa shape index (κ1) is 16.2. The van der Waals surface area contributed by atoms with Crippen LogP contribution in [0, 0.1) is 0 Å². The largest absolute Gasteiger partial charge is 0.497 e. The normalized spacial score (nSPS) is 31.7. The van der Waals surface area contributed by atoms with Gasteiger partial charge in [0.05, 0.1) is 20.3 Å². The predicted octanol–water partition coefficient (Wildman–Crippen LogP) is 2.05. The summed E-state index contributed by atoms with van der Waals surface area (Å²) in [4.78, 5) is 12.1. The molecule has 2 heterocycles. The standard InChI is InChI=1S/C17H22O6/c1-16(2)22-14-13(21-15(18)17(14,3)23-16)10-20-9-11-5-7-12(19-4)8-6-11/h5-8,13-14H,9-10H2,1-4H3/t13?,14-,17-/m1/s1. The van der Waals surface area contributed by atoms with Gasteiger partial charge in [-0.3, -0.25) is 0 Å². The minimum Gasteiger partial charge on any atom is -0.497 e. The molecule has 2 saturated heterocycles. The fourth-order valence-electron chi connectivity index (χ4n) is 3.05. The van der Waals surface area contributed by atoms with Gasteiger partial charge in [0.1, 0.15) is 11.9 Å². The number of fused-ring (bicyclic) bond motifs is 1. The molecule has 1 aromatic rings. The maximum Gasteiger partial charge on any atom is 0.341 e. The highest BCUT2D eigenvalue weighted by atomic mass is 16.8. The van der Waals surface area contributed by atoms with Gasteiger partial charge >= 0.3 is 5.97 Å². The van der Waals surface area contributed by atoms with Crippen molar-refractivity contribution < 1.29 is 28.5 Å². The van der Waals surface area contributed by atoms with Crippen LogP contribution in [-0.4, -0.2) is 43.3 Å². The Hall–Kier alpha value is -1.63. The molecule has 6 heteroatoms. The van der Waals surface area contributed by atoms with Crippen LogP contribution in [0.5, 0.6) is 5.75 Å². The molecule has 1 unspecified atom stereocenters. The molecule has 1 aromatic carbocycles. The first-order chi connectivity index (χ1) is 10.8. The van der Waals surface area contributed by atoms with Crippen molar-refractivity contribution in [2.45, 2.75) is 51.0 Å². The summed E-state index contributed by atoms with van der Waals surface area (Å²) in [7, 11) is 1.63. The van der Waals surface area contributed by atoms with E-state index in [0.29, 0.717) is 6.61 Å². The van der Waals surface area contributed by atoms with E-state index in [0.717, 1.165) is 11.3 Å². The summed E-state index contributed by atoms with van der Waals surface area (Å²) in [6.07, 6.45) is -0.923. The molecule has 23 heavy (non-hydrogen) atoms. The average Bonchev–Trinajstić information content (AvgIpc) is 2.88. The van der Waals surface area contributed by atoms with E-state index in [1.54, 1.807) is 27.9 Å². The van der Waals surface area contributed by atoms with Crippen molar-refractivity contribution in [3.63, 3.8) is 0 Å². The second-order valence-electron chi connectivity index (χ2n) is 6.45. The number of methoxy groups -OCH3 is 1. The van der Waals surface area contributed by atoms with E-state index in [9.17, 15) is 4.79 Å². The molecule has 0 aliphatic carbocycles. The van der Waals surface area contributed by atoms with Crippen molar-refractivity contribution in [3.05, 3.63) is 29.8 Å². The van der Waals surface area contributed by atoms with Crippen molar-refractivity contribution in [3.8, 4) is 5.75 Å². The van der Waals surface area contributed by atoms with Crippen LogP contribution in [-0.2, 0) is 30.3 Å². The zero-order chi connectivity index (χ0) is 16.7. The zero-order valence-corrected chi connectivity index (χ0v) is 13.8. The second kappa shape index (κ2) is 5.78. The van der Waals surface area contributed by atoms with E-state index in [-0.39, 0.29) is 6.61 Å². The molecule has 3 atom stereocenters. The van der Waals surface area contributed by atoms with Crippen molar-refractivity contribution in [1.29, 1.82) is 0 Å². The molecule has 0 radical (unpaired) electrons. The lowest BCUT2D eigenvalue weighted by Gasteiger charge is -2.21. The van der Waals surface area contributed by atoms with Crippen LogP contribution in [0.15, 0.2) is 24.3 Å². The van der Waals surface area contributed by atoms with Crippen LogP contribution in [0.1, 0.15) is 26.3 Å². The van der Waals surface area contributed by atoms with Gasteiger partial charge in [0.15, 0.2) is 17.5 Å². The summed E-state index contributed by atoms with van der Waals surface area (Å²) in [6.45, 7) is 5.97. The van der Waals surface area contributed by atoms with Gasteiger partial charge in [-0.1, -0.05) is 12.1 Å². The highest BCUT2D eigenvalue weighted by Crippen LogP contribution is 2.43. The van der Waals surface area contributed by atoms with Gasteiger partial charge in [-0.2, -0.15) is 0 Å². The number of carbonyl (C=O) groups excluding carboxylic acids is 1. The molecule has 126 valence electrons. The molecular formula is C17H22O6. The fraction of sp³-hybridized carbons (Fsp3) is 0.588. The first-order valence-corrected chi connectivity index (χ1v) is 7.64. The highest BCUT2D eigenvalue weighted by Gasteiger charge is 2.64. The Balaban J connectivity index is 1.57. The van der Waals surface area contributed by atoms with Gasteiger partial charge in [0.25, 0.3) is 0 Å². The Kier molecular flexibility index (Phi) is 4.08. The van der Waals surface area contributed by atoms with Gasteiger partial charge in [-0.15, -0.1) is 0 Å². The number of rotatable bonds is 5. The summed E-state index contributed by atoms with van der Waals surface area (Å²) in [6, 6.07) is 7.62. The van der Waals surface area contributed by atoms with E-state index >= 15 is 0 Å². The SMILES string of the molecule is COc1ccc(COCC2OC(=O)[C@]3(C)OC(C)(C)O[C@H]23)cc1. The molecule has 2 aliphatic rings. The number of hydrogen-bond acceptors (Lipinski definition) is 6. The molecule has 0 saturated carbocycles. The lowest BCUT2D eigenvalue weighted by Crippen LogP contribution is -2.41. The van der Waals surface area contributed by atoms with Gasteiger partial charge < -0.3 is 23.7 Å². The van der Waals surface area contributed by atoms with Crippen LogP contribution in [0.3, 0.4) is 0 Å². The lowest BCUT2D eigenvalue weighted by atomic mass is 9.99. The Morgan fingerprint density at radius 1 is 1.17 bits per heavy atom. The molecule has 0 spiro atoms. The summed E-state index contributed by atoms with van der Waals surface area (Å²) in [5.74, 6) is -0.397. The molecule has 0 amide bonds. The Morgan fingerprint density at radius 3 is 2.52 bits per heavy atom. The van der Waals surface area contributed by atoms with Crippen LogP contribution in [0.2, 0.25) is 0 Å². The van der Waals surface area contributed by atoms with E-state index < -0.39 is 29.6 Å². The third-order valence-electron chi connectivity index (χ3n) is 4.12. The molecule has 0 aromatic heterocycles. The molecular weight excluding hydrogens is 300 g/mol. The number of carbonyl (C=O) groups is 1. The predicted molar refractivity (Wildman–Crippen MR) is 81.0 cm³/mol. The van der Waals surface area contributed by atoms with E-state index in [1.165, 1.54) is 0 Å². The third-order valence-corrected chi connectivity index (χ3v) is 4.12. The van der Waals surface area contributed by atoms with Crippen molar-refractivity contribution in [2.24, 2.45) is 0 Å². The summed E-state index contributed by atoms with van der Waals surface area (Å²) in [5.41, 5.74) is -0.0423. The zero-order valence-electron chi connectivity index (χ0n) is 13.8. The second-order valence-corrected chi connectivity index (χ2v) is 6.45.